The molecule has 0 unspecified atom stereocenters. The fourth-order valence-corrected chi connectivity index (χ4v) is 4.47. The van der Waals surface area contributed by atoms with Crippen LogP contribution in [0.5, 0.6) is 11.5 Å². The molecule has 2 N–H and O–H groups in total. The number of phenols is 2. The molecule has 1 aliphatic rings. The standard InChI is InChI=1S/C23H22O2/c1-22(2)15-23(16-7-11-18(24)12-8-16,17-9-13-19(25)14-10-17)21-6-4-3-5-20(21)22/h3-14,24-25H,15H2,1-2H3. The highest BCUT2D eigenvalue weighted by molar-refractivity contribution is 5.60. The van der Waals surface area contributed by atoms with Crippen molar-refractivity contribution in [2.24, 2.45) is 0 Å². The summed E-state index contributed by atoms with van der Waals surface area (Å²) in [6.07, 6.45) is 0.939. The van der Waals surface area contributed by atoms with E-state index in [1.807, 2.05) is 24.3 Å². The Morgan fingerprint density at radius 1 is 0.640 bits per heavy atom. The van der Waals surface area contributed by atoms with Gasteiger partial charge in [-0.25, -0.2) is 0 Å². The molecule has 0 aromatic heterocycles. The van der Waals surface area contributed by atoms with Gasteiger partial charge in [-0.05, 0) is 58.4 Å². The molecule has 0 fully saturated rings. The first-order valence-corrected chi connectivity index (χ1v) is 8.62. The molecule has 4 rings (SSSR count). The SMILES string of the molecule is CC1(C)CC(c2ccc(O)cc2)(c2ccc(O)cc2)c2ccccc21. The first kappa shape index (κ1) is 15.8. The van der Waals surface area contributed by atoms with Crippen LogP contribution in [0.25, 0.3) is 0 Å². The fraction of sp³-hybridized carbons (Fsp3) is 0.217. The van der Waals surface area contributed by atoms with Crippen molar-refractivity contribution in [1.82, 2.24) is 0 Å². The highest BCUT2D eigenvalue weighted by Crippen LogP contribution is 2.56. The monoisotopic (exact) mass is 330 g/mol. The van der Waals surface area contributed by atoms with Gasteiger partial charge < -0.3 is 10.2 Å². The zero-order valence-corrected chi connectivity index (χ0v) is 14.5. The van der Waals surface area contributed by atoms with E-state index in [1.165, 1.54) is 11.1 Å². The molecule has 0 bridgehead atoms. The molecule has 3 aromatic rings. The maximum Gasteiger partial charge on any atom is 0.115 e. The molecule has 0 spiro atoms. The van der Waals surface area contributed by atoms with Gasteiger partial charge in [-0.1, -0.05) is 62.4 Å². The second-order valence-corrected chi connectivity index (χ2v) is 7.61. The number of benzene rings is 3. The van der Waals surface area contributed by atoms with E-state index in [-0.39, 0.29) is 22.3 Å². The Balaban J connectivity index is 2.05. The highest BCUT2D eigenvalue weighted by Gasteiger charge is 2.49. The first-order chi connectivity index (χ1) is 11.9. The van der Waals surface area contributed by atoms with Crippen molar-refractivity contribution in [2.45, 2.75) is 31.1 Å². The van der Waals surface area contributed by atoms with Gasteiger partial charge in [-0.15, -0.1) is 0 Å². The normalized spacial score (nSPS) is 17.2. The van der Waals surface area contributed by atoms with E-state index < -0.39 is 0 Å². The third-order valence-electron chi connectivity index (χ3n) is 5.54. The number of hydrogen-bond donors (Lipinski definition) is 2. The van der Waals surface area contributed by atoms with E-state index in [1.54, 1.807) is 24.3 Å². The third-order valence-corrected chi connectivity index (χ3v) is 5.54. The van der Waals surface area contributed by atoms with Crippen molar-refractivity contribution >= 4 is 0 Å². The smallest absolute Gasteiger partial charge is 0.115 e. The zero-order valence-electron chi connectivity index (χ0n) is 14.5. The number of fused-ring (bicyclic) bond motifs is 1. The second kappa shape index (κ2) is 5.38. The molecule has 2 nitrogen and oxygen atoms in total. The highest BCUT2D eigenvalue weighted by atomic mass is 16.3. The summed E-state index contributed by atoms with van der Waals surface area (Å²) < 4.78 is 0. The maximum atomic E-state index is 9.76. The van der Waals surface area contributed by atoms with Gasteiger partial charge in [-0.2, -0.15) is 0 Å². The van der Waals surface area contributed by atoms with Gasteiger partial charge in [0.2, 0.25) is 0 Å². The van der Waals surface area contributed by atoms with E-state index in [9.17, 15) is 10.2 Å². The Hall–Kier alpha value is -2.74. The van der Waals surface area contributed by atoms with Crippen LogP contribution in [0.2, 0.25) is 0 Å². The lowest BCUT2D eigenvalue weighted by Gasteiger charge is -2.34. The van der Waals surface area contributed by atoms with Gasteiger partial charge in [-0.3, -0.25) is 0 Å². The lowest BCUT2D eigenvalue weighted by atomic mass is 9.68. The molecule has 0 atom stereocenters. The Labute approximate surface area is 148 Å². The van der Waals surface area contributed by atoms with E-state index in [0.29, 0.717) is 0 Å². The van der Waals surface area contributed by atoms with Gasteiger partial charge in [0.25, 0.3) is 0 Å². The predicted molar refractivity (Wildman–Crippen MR) is 100 cm³/mol. The van der Waals surface area contributed by atoms with Crippen LogP contribution >= 0.6 is 0 Å². The molecule has 3 aromatic carbocycles. The van der Waals surface area contributed by atoms with E-state index in [0.717, 1.165) is 17.5 Å². The van der Waals surface area contributed by atoms with Crippen LogP contribution in [0, 0.1) is 0 Å². The van der Waals surface area contributed by atoms with Crippen LogP contribution in [0.15, 0.2) is 72.8 Å². The minimum absolute atomic E-state index is 0.0341. The van der Waals surface area contributed by atoms with Crippen molar-refractivity contribution in [1.29, 1.82) is 0 Å². The van der Waals surface area contributed by atoms with Crippen molar-refractivity contribution in [3.8, 4) is 11.5 Å². The zero-order chi connectivity index (χ0) is 17.7. The molecular formula is C23H22O2. The van der Waals surface area contributed by atoms with E-state index in [2.05, 4.69) is 38.1 Å². The minimum Gasteiger partial charge on any atom is -0.508 e. The molecule has 0 amide bonds. The molecule has 0 radical (unpaired) electrons. The van der Waals surface area contributed by atoms with Crippen LogP contribution in [-0.4, -0.2) is 10.2 Å². The van der Waals surface area contributed by atoms with Gasteiger partial charge in [0, 0.05) is 5.41 Å². The Bertz CT molecular complexity index is 860. The number of phenolic OH excluding ortho intramolecular Hbond substituents is 2. The Morgan fingerprint density at radius 3 is 1.56 bits per heavy atom. The van der Waals surface area contributed by atoms with Crippen LogP contribution in [0.1, 0.15) is 42.5 Å². The van der Waals surface area contributed by atoms with Crippen LogP contribution in [0.3, 0.4) is 0 Å². The lowest BCUT2D eigenvalue weighted by Crippen LogP contribution is -2.28. The molecule has 0 saturated heterocycles. The summed E-state index contributed by atoms with van der Waals surface area (Å²) in [5, 5.41) is 19.5. The summed E-state index contributed by atoms with van der Waals surface area (Å²) in [7, 11) is 0. The van der Waals surface area contributed by atoms with Crippen molar-refractivity contribution in [2.75, 3.05) is 0 Å². The molecule has 0 saturated carbocycles. The third kappa shape index (κ3) is 2.32. The van der Waals surface area contributed by atoms with Crippen LogP contribution in [0.4, 0.5) is 0 Å². The summed E-state index contributed by atoms with van der Waals surface area (Å²) in [4.78, 5) is 0. The molecular weight excluding hydrogens is 308 g/mol. The summed E-state index contributed by atoms with van der Waals surface area (Å²) >= 11 is 0. The number of aromatic hydroxyl groups is 2. The molecule has 126 valence electrons. The van der Waals surface area contributed by atoms with Gasteiger partial charge in [0.15, 0.2) is 0 Å². The van der Waals surface area contributed by atoms with Crippen molar-refractivity contribution in [3.63, 3.8) is 0 Å². The molecule has 25 heavy (non-hydrogen) atoms. The molecule has 1 aliphatic carbocycles. The van der Waals surface area contributed by atoms with Gasteiger partial charge >= 0.3 is 0 Å². The quantitative estimate of drug-likeness (QED) is 0.685. The average Bonchev–Trinajstić information content (AvgIpc) is 2.85. The first-order valence-electron chi connectivity index (χ1n) is 8.62. The van der Waals surface area contributed by atoms with Gasteiger partial charge in [0.1, 0.15) is 11.5 Å². The minimum atomic E-state index is -0.290. The molecule has 0 heterocycles. The molecule has 2 heteroatoms. The van der Waals surface area contributed by atoms with Crippen LogP contribution in [-0.2, 0) is 10.8 Å². The topological polar surface area (TPSA) is 40.5 Å². The number of hydrogen-bond acceptors (Lipinski definition) is 2. The fourth-order valence-electron chi connectivity index (χ4n) is 4.47. The Kier molecular flexibility index (Phi) is 3.40. The summed E-state index contributed by atoms with van der Waals surface area (Å²) in [6, 6.07) is 23.7. The van der Waals surface area contributed by atoms with Gasteiger partial charge in [0.05, 0.1) is 0 Å². The van der Waals surface area contributed by atoms with Crippen molar-refractivity contribution < 1.29 is 10.2 Å². The van der Waals surface area contributed by atoms with Crippen LogP contribution < -0.4 is 0 Å². The largest absolute Gasteiger partial charge is 0.508 e. The summed E-state index contributed by atoms with van der Waals surface area (Å²) in [5.74, 6) is 0.547. The average molecular weight is 330 g/mol. The predicted octanol–water partition coefficient (Wildman–Crippen LogP) is 5.11. The number of rotatable bonds is 2. The molecule has 0 aliphatic heterocycles. The van der Waals surface area contributed by atoms with E-state index in [4.69, 9.17) is 0 Å². The maximum absolute atomic E-state index is 9.76. The lowest BCUT2D eigenvalue weighted by molar-refractivity contribution is 0.441. The Morgan fingerprint density at radius 2 is 1.08 bits per heavy atom. The summed E-state index contributed by atoms with van der Waals surface area (Å²) in [5.41, 5.74) is 4.73. The second-order valence-electron chi connectivity index (χ2n) is 7.61. The van der Waals surface area contributed by atoms with E-state index >= 15 is 0 Å². The van der Waals surface area contributed by atoms with Crippen molar-refractivity contribution in [3.05, 3.63) is 95.1 Å². The summed E-state index contributed by atoms with van der Waals surface area (Å²) in [6.45, 7) is 4.57.